The first-order valence-electron chi connectivity index (χ1n) is 10.6. The second-order valence-corrected chi connectivity index (χ2v) is 8.18. The Hall–Kier alpha value is -4.08. The Kier molecular flexibility index (Phi) is 5.35. The van der Waals surface area contributed by atoms with Crippen LogP contribution in [-0.4, -0.2) is 26.9 Å². The Morgan fingerprint density at radius 1 is 1.09 bits per heavy atom. The van der Waals surface area contributed by atoms with E-state index in [1.807, 2.05) is 36.4 Å². The van der Waals surface area contributed by atoms with Crippen LogP contribution in [0.2, 0.25) is 0 Å². The molecule has 0 aliphatic heterocycles. The van der Waals surface area contributed by atoms with Gasteiger partial charge in [-0.1, -0.05) is 30.3 Å². The van der Waals surface area contributed by atoms with Crippen LogP contribution >= 0.6 is 0 Å². The number of benzene rings is 2. The van der Waals surface area contributed by atoms with Gasteiger partial charge in [0.1, 0.15) is 5.75 Å². The van der Waals surface area contributed by atoms with Crippen molar-refractivity contribution in [2.75, 3.05) is 11.1 Å². The molecule has 10 heteroatoms. The van der Waals surface area contributed by atoms with Crippen LogP contribution in [0, 0.1) is 0 Å². The average Bonchev–Trinajstić information content (AvgIpc) is 3.53. The quantitative estimate of drug-likeness (QED) is 0.419. The van der Waals surface area contributed by atoms with Crippen LogP contribution < -0.4 is 15.8 Å². The Labute approximate surface area is 192 Å². The fraction of sp³-hybridized carbons (Fsp3) is 0.208. The lowest BCUT2D eigenvalue weighted by atomic mass is 10.0. The maximum Gasteiger partial charge on any atom is 0.573 e. The van der Waals surface area contributed by atoms with Gasteiger partial charge in [0.15, 0.2) is 5.65 Å². The first-order valence-corrected chi connectivity index (χ1v) is 10.6. The van der Waals surface area contributed by atoms with Crippen molar-refractivity contribution in [2.24, 2.45) is 0 Å². The number of hydrogen-bond donors (Lipinski definition) is 2. The zero-order chi connectivity index (χ0) is 23.9. The molecule has 174 valence electrons. The molecule has 4 aromatic rings. The number of anilines is 2. The largest absolute Gasteiger partial charge is 0.573 e. The minimum absolute atomic E-state index is 0.0693. The summed E-state index contributed by atoms with van der Waals surface area (Å²) < 4.78 is 44.2. The van der Waals surface area contributed by atoms with Crippen LogP contribution in [0.25, 0.3) is 16.8 Å². The summed E-state index contributed by atoms with van der Waals surface area (Å²) in [4.78, 5) is 16.7. The molecular weight excluding hydrogens is 447 g/mol. The highest BCUT2D eigenvalue weighted by Crippen LogP contribution is 2.46. The molecular formula is C24H20F3N5O2. The van der Waals surface area contributed by atoms with Crippen molar-refractivity contribution in [1.29, 1.82) is 0 Å². The maximum absolute atomic E-state index is 12.8. The molecule has 0 bridgehead atoms. The van der Waals surface area contributed by atoms with Crippen LogP contribution in [0.3, 0.4) is 0 Å². The predicted molar refractivity (Wildman–Crippen MR) is 120 cm³/mol. The van der Waals surface area contributed by atoms with Gasteiger partial charge in [0.05, 0.1) is 6.42 Å². The Balaban J connectivity index is 1.26. The summed E-state index contributed by atoms with van der Waals surface area (Å²) in [5, 5.41) is 6.70. The number of nitrogens with one attached hydrogen (secondary N) is 1. The number of halogens is 3. The van der Waals surface area contributed by atoms with E-state index in [2.05, 4.69) is 20.1 Å². The van der Waals surface area contributed by atoms with Crippen molar-refractivity contribution in [3.63, 3.8) is 0 Å². The van der Waals surface area contributed by atoms with Crippen LogP contribution in [-0.2, 0) is 11.2 Å². The first kappa shape index (κ1) is 21.7. The number of carbonyl (C=O) groups excluding carboxylic acids is 1. The number of aromatic nitrogens is 3. The number of hydrogen-bond acceptors (Lipinski definition) is 5. The second-order valence-electron chi connectivity index (χ2n) is 8.18. The van der Waals surface area contributed by atoms with Gasteiger partial charge in [0, 0.05) is 18.0 Å². The van der Waals surface area contributed by atoms with Gasteiger partial charge in [-0.3, -0.25) is 4.79 Å². The topological polar surface area (TPSA) is 94.5 Å². The van der Waals surface area contributed by atoms with Gasteiger partial charge in [-0.25, -0.2) is 4.52 Å². The molecule has 0 radical (unpaired) electrons. The zero-order valence-corrected chi connectivity index (χ0v) is 17.8. The van der Waals surface area contributed by atoms with Gasteiger partial charge >= 0.3 is 6.36 Å². The molecule has 34 heavy (non-hydrogen) atoms. The lowest BCUT2D eigenvalue weighted by Gasteiger charge is -2.15. The molecule has 2 aromatic heterocycles. The smallest absolute Gasteiger partial charge is 0.405 e. The van der Waals surface area contributed by atoms with Crippen LogP contribution in [0.15, 0.2) is 60.8 Å². The Bertz CT molecular complexity index is 1360. The maximum atomic E-state index is 12.8. The summed E-state index contributed by atoms with van der Waals surface area (Å²) in [7, 11) is 0. The SMILES string of the molecule is Nc1nc2cc(-c3ccc(CC(=O)Nc4ccc(C5CC5)c(OC(F)(F)F)c4)cc3)ccn2n1. The van der Waals surface area contributed by atoms with Crippen molar-refractivity contribution in [3.05, 3.63) is 71.9 Å². The highest BCUT2D eigenvalue weighted by Gasteiger charge is 2.35. The van der Waals surface area contributed by atoms with Gasteiger partial charge in [-0.05, 0) is 59.2 Å². The van der Waals surface area contributed by atoms with E-state index < -0.39 is 6.36 Å². The molecule has 0 spiro atoms. The summed E-state index contributed by atoms with van der Waals surface area (Å²) >= 11 is 0. The summed E-state index contributed by atoms with van der Waals surface area (Å²) in [5.41, 5.74) is 9.62. The molecule has 1 fully saturated rings. The van der Waals surface area contributed by atoms with E-state index in [0.29, 0.717) is 11.2 Å². The Morgan fingerprint density at radius 3 is 2.56 bits per heavy atom. The molecule has 0 atom stereocenters. The molecule has 7 nitrogen and oxygen atoms in total. The molecule has 1 amide bonds. The van der Waals surface area contributed by atoms with Crippen LogP contribution in [0.5, 0.6) is 5.75 Å². The van der Waals surface area contributed by atoms with Gasteiger partial charge < -0.3 is 15.8 Å². The van der Waals surface area contributed by atoms with Gasteiger partial charge in [0.25, 0.3) is 0 Å². The zero-order valence-electron chi connectivity index (χ0n) is 17.8. The molecule has 2 heterocycles. The summed E-state index contributed by atoms with van der Waals surface area (Å²) in [5.74, 6) is -0.338. The van der Waals surface area contributed by atoms with E-state index >= 15 is 0 Å². The van der Waals surface area contributed by atoms with Crippen molar-refractivity contribution < 1.29 is 22.7 Å². The van der Waals surface area contributed by atoms with E-state index in [1.54, 1.807) is 22.8 Å². The van der Waals surface area contributed by atoms with Crippen molar-refractivity contribution in [2.45, 2.75) is 31.5 Å². The van der Waals surface area contributed by atoms with E-state index in [0.717, 1.165) is 29.5 Å². The number of fused-ring (bicyclic) bond motifs is 1. The monoisotopic (exact) mass is 467 g/mol. The number of alkyl halides is 3. The standard InChI is InChI=1S/C24H20F3N5O2/c25-24(26,27)34-20-13-18(7-8-19(20)16-5-6-16)29-22(33)11-14-1-3-15(4-2-14)17-9-10-32-21(12-17)30-23(28)31-32/h1-4,7-10,12-13,16H,5-6,11H2,(H2,28,31)(H,29,33). The summed E-state index contributed by atoms with van der Waals surface area (Å²) in [6.07, 6.45) is -1.30. The summed E-state index contributed by atoms with van der Waals surface area (Å²) in [6.45, 7) is 0. The number of ether oxygens (including phenoxy) is 1. The second kappa shape index (κ2) is 8.36. The van der Waals surface area contributed by atoms with Gasteiger partial charge in [0.2, 0.25) is 11.9 Å². The highest BCUT2D eigenvalue weighted by molar-refractivity contribution is 5.92. The number of rotatable bonds is 6. The average molecular weight is 467 g/mol. The molecule has 1 saturated carbocycles. The molecule has 5 rings (SSSR count). The number of amides is 1. The Morgan fingerprint density at radius 2 is 1.85 bits per heavy atom. The normalized spacial score (nSPS) is 13.7. The van der Waals surface area contributed by atoms with E-state index in [9.17, 15) is 18.0 Å². The lowest BCUT2D eigenvalue weighted by Crippen LogP contribution is -2.19. The van der Waals surface area contributed by atoms with E-state index in [-0.39, 0.29) is 35.6 Å². The minimum atomic E-state index is -4.79. The third kappa shape index (κ3) is 4.95. The number of pyridine rings is 1. The van der Waals surface area contributed by atoms with E-state index in [4.69, 9.17) is 5.73 Å². The van der Waals surface area contributed by atoms with E-state index in [1.165, 1.54) is 6.07 Å². The highest BCUT2D eigenvalue weighted by atomic mass is 19.4. The van der Waals surface area contributed by atoms with Crippen molar-refractivity contribution in [3.8, 4) is 16.9 Å². The molecule has 0 unspecified atom stereocenters. The number of nitrogens with two attached hydrogens (primary N) is 1. The number of nitrogen functional groups attached to an aromatic ring is 1. The van der Waals surface area contributed by atoms with Crippen molar-refractivity contribution in [1.82, 2.24) is 14.6 Å². The lowest BCUT2D eigenvalue weighted by molar-refractivity contribution is -0.274. The number of nitrogens with zero attached hydrogens (tertiary/aromatic N) is 3. The third-order valence-corrected chi connectivity index (χ3v) is 5.55. The minimum Gasteiger partial charge on any atom is -0.405 e. The molecule has 1 aliphatic carbocycles. The fourth-order valence-electron chi connectivity index (χ4n) is 3.84. The predicted octanol–water partition coefficient (Wildman–Crippen LogP) is 4.94. The molecule has 0 saturated heterocycles. The number of carbonyl (C=O) groups is 1. The summed E-state index contributed by atoms with van der Waals surface area (Å²) in [6, 6.07) is 15.6. The van der Waals surface area contributed by atoms with Crippen molar-refractivity contribution >= 4 is 23.2 Å². The molecule has 1 aliphatic rings. The van der Waals surface area contributed by atoms with Crippen LogP contribution in [0.1, 0.15) is 29.9 Å². The molecule has 3 N–H and O–H groups in total. The first-order chi connectivity index (χ1) is 16.2. The third-order valence-electron chi connectivity index (χ3n) is 5.55. The van der Waals surface area contributed by atoms with Gasteiger partial charge in [-0.2, -0.15) is 4.98 Å². The van der Waals surface area contributed by atoms with Crippen LogP contribution in [0.4, 0.5) is 24.8 Å². The molecule has 2 aromatic carbocycles. The fourth-order valence-corrected chi connectivity index (χ4v) is 3.84. The van der Waals surface area contributed by atoms with Gasteiger partial charge in [-0.15, -0.1) is 18.3 Å².